The van der Waals surface area contributed by atoms with Crippen molar-refractivity contribution in [3.63, 3.8) is 0 Å². The SMILES string of the molecule is CCC1(C)C2CCC1(COCc1ccccc1)c1nnc(-c3ccccc3F)cc12. The van der Waals surface area contributed by atoms with Gasteiger partial charge in [-0.2, -0.15) is 10.2 Å². The molecular weight excluding hydrogens is 375 g/mol. The molecule has 4 heteroatoms. The summed E-state index contributed by atoms with van der Waals surface area (Å²) in [5.41, 5.74) is 4.58. The molecule has 0 saturated heterocycles. The Morgan fingerprint density at radius 2 is 1.83 bits per heavy atom. The number of fused-ring (bicyclic) bond motifs is 5. The summed E-state index contributed by atoms with van der Waals surface area (Å²) in [5, 5.41) is 9.17. The first-order valence-electron chi connectivity index (χ1n) is 10.8. The van der Waals surface area contributed by atoms with E-state index in [9.17, 15) is 4.39 Å². The van der Waals surface area contributed by atoms with E-state index in [1.807, 2.05) is 24.3 Å². The molecule has 0 amide bonds. The van der Waals surface area contributed by atoms with Crippen LogP contribution in [-0.4, -0.2) is 16.8 Å². The predicted octanol–water partition coefficient (Wildman–Crippen LogP) is 6.04. The van der Waals surface area contributed by atoms with Crippen LogP contribution >= 0.6 is 0 Å². The fourth-order valence-corrected chi connectivity index (χ4v) is 5.87. The van der Waals surface area contributed by atoms with Crippen molar-refractivity contribution in [3.8, 4) is 11.3 Å². The van der Waals surface area contributed by atoms with Crippen LogP contribution in [0.4, 0.5) is 4.39 Å². The van der Waals surface area contributed by atoms with Gasteiger partial charge >= 0.3 is 0 Å². The van der Waals surface area contributed by atoms with Gasteiger partial charge < -0.3 is 4.74 Å². The number of hydrogen-bond acceptors (Lipinski definition) is 3. The third-order valence-electron chi connectivity index (χ3n) is 7.72. The molecule has 3 atom stereocenters. The van der Waals surface area contributed by atoms with Crippen molar-refractivity contribution in [3.05, 3.63) is 83.3 Å². The van der Waals surface area contributed by atoms with Crippen molar-refractivity contribution in [2.24, 2.45) is 5.41 Å². The molecule has 1 saturated carbocycles. The summed E-state index contributed by atoms with van der Waals surface area (Å²) in [4.78, 5) is 0. The molecule has 2 aromatic carbocycles. The van der Waals surface area contributed by atoms with Crippen LogP contribution in [0.15, 0.2) is 60.7 Å². The van der Waals surface area contributed by atoms with Crippen molar-refractivity contribution in [2.45, 2.75) is 51.0 Å². The topological polar surface area (TPSA) is 35.0 Å². The molecule has 1 fully saturated rings. The fraction of sp³-hybridized carbons (Fsp3) is 0.385. The lowest BCUT2D eigenvalue weighted by atomic mass is 9.66. The summed E-state index contributed by atoms with van der Waals surface area (Å²) in [6.45, 7) is 5.88. The van der Waals surface area contributed by atoms with Gasteiger partial charge in [-0.25, -0.2) is 4.39 Å². The molecule has 1 aromatic heterocycles. The number of nitrogens with zero attached hydrogens (tertiary/aromatic N) is 2. The molecule has 30 heavy (non-hydrogen) atoms. The minimum atomic E-state index is -0.255. The van der Waals surface area contributed by atoms with E-state index in [4.69, 9.17) is 9.84 Å². The Labute approximate surface area is 177 Å². The Kier molecular flexibility index (Phi) is 4.70. The van der Waals surface area contributed by atoms with Crippen molar-refractivity contribution in [1.29, 1.82) is 0 Å². The first-order valence-corrected chi connectivity index (χ1v) is 10.8. The Morgan fingerprint density at radius 1 is 1.07 bits per heavy atom. The number of aromatic nitrogens is 2. The molecule has 2 aliphatic rings. The highest BCUT2D eigenvalue weighted by molar-refractivity contribution is 5.62. The summed E-state index contributed by atoms with van der Waals surface area (Å²) in [6.07, 6.45) is 3.24. The van der Waals surface area contributed by atoms with Crippen LogP contribution in [-0.2, 0) is 16.8 Å². The Balaban J connectivity index is 1.50. The Bertz CT molecular complexity index is 1070. The minimum absolute atomic E-state index is 0.0779. The van der Waals surface area contributed by atoms with Gasteiger partial charge in [-0.15, -0.1) is 0 Å². The molecule has 1 heterocycles. The maximum Gasteiger partial charge on any atom is 0.132 e. The molecule has 0 spiro atoms. The number of ether oxygens (including phenoxy) is 1. The maximum absolute atomic E-state index is 14.3. The molecule has 154 valence electrons. The van der Waals surface area contributed by atoms with Gasteiger partial charge in [0.2, 0.25) is 0 Å². The van der Waals surface area contributed by atoms with E-state index < -0.39 is 0 Å². The van der Waals surface area contributed by atoms with Gasteiger partial charge in [0.1, 0.15) is 5.82 Å². The van der Waals surface area contributed by atoms with Crippen LogP contribution in [0.3, 0.4) is 0 Å². The quantitative estimate of drug-likeness (QED) is 0.504. The fourth-order valence-electron chi connectivity index (χ4n) is 5.87. The molecule has 0 N–H and O–H groups in total. The van der Waals surface area contributed by atoms with E-state index in [0.717, 1.165) is 25.0 Å². The summed E-state index contributed by atoms with van der Waals surface area (Å²) >= 11 is 0. The zero-order chi connectivity index (χ0) is 20.8. The van der Waals surface area contributed by atoms with E-state index in [-0.39, 0.29) is 16.6 Å². The summed E-state index contributed by atoms with van der Waals surface area (Å²) in [6, 6.07) is 19.2. The van der Waals surface area contributed by atoms with Crippen LogP contribution in [0.1, 0.15) is 55.8 Å². The number of halogens is 1. The van der Waals surface area contributed by atoms with E-state index in [1.54, 1.807) is 12.1 Å². The van der Waals surface area contributed by atoms with Crippen LogP contribution in [0.25, 0.3) is 11.3 Å². The first kappa shape index (κ1) is 19.4. The Morgan fingerprint density at radius 3 is 2.60 bits per heavy atom. The third-order valence-corrected chi connectivity index (χ3v) is 7.72. The second-order valence-electron chi connectivity index (χ2n) is 8.94. The molecule has 5 rings (SSSR count). The van der Waals surface area contributed by atoms with Gasteiger partial charge in [0, 0.05) is 11.0 Å². The van der Waals surface area contributed by atoms with Crippen molar-refractivity contribution in [2.75, 3.05) is 6.61 Å². The Hall–Kier alpha value is -2.59. The molecule has 3 aromatic rings. The standard InChI is InChI=1S/C26H27FN2O/c1-3-25(2)21-13-14-26(25,17-30-16-18-9-5-4-6-10-18)24-20(21)15-23(28-29-24)19-11-7-8-12-22(19)27/h4-12,15,21H,3,13-14,16-17H2,1-2H3. The highest BCUT2D eigenvalue weighted by Gasteiger charge is 2.64. The zero-order valence-corrected chi connectivity index (χ0v) is 17.6. The van der Waals surface area contributed by atoms with E-state index in [1.165, 1.54) is 17.2 Å². The zero-order valence-electron chi connectivity index (χ0n) is 17.6. The van der Waals surface area contributed by atoms with Gasteiger partial charge in [-0.1, -0.05) is 56.3 Å². The average Bonchev–Trinajstić information content (AvgIpc) is 3.18. The highest BCUT2D eigenvalue weighted by Crippen LogP contribution is 2.69. The lowest BCUT2D eigenvalue weighted by Gasteiger charge is -2.40. The predicted molar refractivity (Wildman–Crippen MR) is 116 cm³/mol. The van der Waals surface area contributed by atoms with Gasteiger partial charge in [-0.3, -0.25) is 0 Å². The second-order valence-corrected chi connectivity index (χ2v) is 8.94. The molecule has 0 aliphatic heterocycles. The summed E-state index contributed by atoms with van der Waals surface area (Å²) in [5.74, 6) is 0.160. The molecule has 0 radical (unpaired) electrons. The normalized spacial score (nSPS) is 26.7. The molecular formula is C26H27FN2O. The van der Waals surface area contributed by atoms with E-state index in [2.05, 4.69) is 37.1 Å². The van der Waals surface area contributed by atoms with Crippen LogP contribution in [0.5, 0.6) is 0 Å². The lowest BCUT2D eigenvalue weighted by molar-refractivity contribution is 0.0224. The lowest BCUT2D eigenvalue weighted by Crippen LogP contribution is -2.41. The van der Waals surface area contributed by atoms with Crippen molar-refractivity contribution in [1.82, 2.24) is 10.2 Å². The van der Waals surface area contributed by atoms with Crippen LogP contribution < -0.4 is 0 Å². The average molecular weight is 403 g/mol. The second kappa shape index (κ2) is 7.28. The monoisotopic (exact) mass is 402 g/mol. The van der Waals surface area contributed by atoms with E-state index in [0.29, 0.717) is 30.4 Å². The third kappa shape index (κ3) is 2.73. The van der Waals surface area contributed by atoms with Crippen LogP contribution in [0, 0.1) is 11.2 Å². The van der Waals surface area contributed by atoms with Crippen molar-refractivity contribution >= 4 is 0 Å². The molecule has 2 bridgehead atoms. The molecule has 3 nitrogen and oxygen atoms in total. The maximum atomic E-state index is 14.3. The first-order chi connectivity index (χ1) is 14.6. The number of rotatable bonds is 6. The summed E-state index contributed by atoms with van der Waals surface area (Å²) < 4.78 is 20.6. The van der Waals surface area contributed by atoms with Crippen LogP contribution in [0.2, 0.25) is 0 Å². The smallest absolute Gasteiger partial charge is 0.132 e. The molecule has 2 aliphatic carbocycles. The van der Waals surface area contributed by atoms with Gasteiger partial charge in [-0.05, 0) is 59.9 Å². The minimum Gasteiger partial charge on any atom is -0.376 e. The highest BCUT2D eigenvalue weighted by atomic mass is 19.1. The molecule has 3 unspecified atom stereocenters. The summed E-state index contributed by atoms with van der Waals surface area (Å²) in [7, 11) is 0. The number of hydrogen-bond donors (Lipinski definition) is 0. The van der Waals surface area contributed by atoms with Crippen molar-refractivity contribution < 1.29 is 9.13 Å². The van der Waals surface area contributed by atoms with E-state index >= 15 is 0 Å². The van der Waals surface area contributed by atoms with Gasteiger partial charge in [0.05, 0.1) is 24.6 Å². The number of benzene rings is 2. The largest absolute Gasteiger partial charge is 0.376 e. The van der Waals surface area contributed by atoms with Gasteiger partial charge in [0.15, 0.2) is 0 Å². The van der Waals surface area contributed by atoms with Gasteiger partial charge in [0.25, 0.3) is 0 Å².